The molecule has 0 saturated carbocycles. The number of aliphatic carboxylic acids is 1. The molecule has 0 aromatic heterocycles. The summed E-state index contributed by atoms with van der Waals surface area (Å²) in [5, 5.41) is 11.5. The van der Waals surface area contributed by atoms with Crippen molar-refractivity contribution < 1.29 is 14.7 Å². The Kier molecular flexibility index (Phi) is 5.62. The summed E-state index contributed by atoms with van der Waals surface area (Å²) in [5.74, 6) is -1.30. The highest BCUT2D eigenvalue weighted by Gasteiger charge is 2.17. The van der Waals surface area contributed by atoms with Crippen molar-refractivity contribution in [3.8, 4) is 0 Å². The quantitative estimate of drug-likeness (QED) is 0.547. The van der Waals surface area contributed by atoms with Crippen molar-refractivity contribution in [2.45, 2.75) is 26.8 Å². The van der Waals surface area contributed by atoms with Crippen LogP contribution in [0.3, 0.4) is 0 Å². The minimum absolute atomic E-state index is 0.0843. The Morgan fingerprint density at radius 2 is 2.00 bits per heavy atom. The van der Waals surface area contributed by atoms with Gasteiger partial charge in [0.05, 0.1) is 6.04 Å². The summed E-state index contributed by atoms with van der Waals surface area (Å²) in [6, 6.07) is -0.428. The molecule has 0 heterocycles. The highest BCUT2D eigenvalue weighted by atomic mass is 16.4. The van der Waals surface area contributed by atoms with Gasteiger partial charge >= 0.3 is 5.97 Å². The predicted molar refractivity (Wildman–Crippen MR) is 57.2 cm³/mol. The monoisotopic (exact) mass is 214 g/mol. The summed E-state index contributed by atoms with van der Waals surface area (Å²) >= 11 is 0. The van der Waals surface area contributed by atoms with Gasteiger partial charge in [-0.15, -0.1) is 0 Å². The average Bonchev–Trinajstić information content (AvgIpc) is 2.10. The first-order chi connectivity index (χ1) is 6.86. The van der Waals surface area contributed by atoms with Crippen molar-refractivity contribution in [2.24, 2.45) is 11.7 Å². The molecule has 0 bridgehead atoms. The molecule has 0 saturated heterocycles. The molecule has 5 nitrogen and oxygen atoms in total. The van der Waals surface area contributed by atoms with Crippen molar-refractivity contribution in [3.05, 3.63) is 11.6 Å². The van der Waals surface area contributed by atoms with Gasteiger partial charge in [0.15, 0.2) is 0 Å². The number of rotatable bonds is 6. The zero-order valence-electron chi connectivity index (χ0n) is 9.28. The van der Waals surface area contributed by atoms with Crippen LogP contribution in [-0.4, -0.2) is 29.6 Å². The van der Waals surface area contributed by atoms with E-state index in [0.717, 1.165) is 0 Å². The first kappa shape index (κ1) is 13.6. The fourth-order valence-corrected chi connectivity index (χ4v) is 1.09. The van der Waals surface area contributed by atoms with Gasteiger partial charge in [-0.25, -0.2) is 4.79 Å². The summed E-state index contributed by atoms with van der Waals surface area (Å²) in [4.78, 5) is 21.4. The van der Waals surface area contributed by atoms with Gasteiger partial charge in [0.25, 0.3) is 0 Å². The van der Waals surface area contributed by atoms with E-state index in [-0.39, 0.29) is 11.5 Å². The number of carboxylic acids is 1. The van der Waals surface area contributed by atoms with Crippen LogP contribution in [0.4, 0.5) is 0 Å². The first-order valence-corrected chi connectivity index (χ1v) is 4.79. The number of primary amides is 1. The van der Waals surface area contributed by atoms with E-state index < -0.39 is 17.9 Å². The molecule has 0 aliphatic rings. The molecule has 0 aromatic rings. The summed E-state index contributed by atoms with van der Waals surface area (Å²) < 4.78 is 0. The van der Waals surface area contributed by atoms with Gasteiger partial charge in [0, 0.05) is 12.1 Å². The largest absolute Gasteiger partial charge is 0.478 e. The summed E-state index contributed by atoms with van der Waals surface area (Å²) in [6.45, 7) is 5.56. The Labute approximate surface area is 89.3 Å². The van der Waals surface area contributed by atoms with Crippen LogP contribution in [-0.2, 0) is 9.59 Å². The number of carbonyl (C=O) groups is 2. The maximum atomic E-state index is 11.0. The fraction of sp³-hybridized carbons (Fsp3) is 0.600. The lowest BCUT2D eigenvalue weighted by Crippen LogP contribution is -2.45. The number of nitrogens with one attached hydrogen (secondary N) is 1. The summed E-state index contributed by atoms with van der Waals surface area (Å²) in [7, 11) is 0. The minimum atomic E-state index is -0.961. The Morgan fingerprint density at radius 1 is 1.47 bits per heavy atom. The molecule has 0 aromatic carbocycles. The molecule has 86 valence electrons. The van der Waals surface area contributed by atoms with Crippen LogP contribution in [0.5, 0.6) is 0 Å². The SMILES string of the molecule is C/C(=C/CNC(C(N)=O)C(C)C)C(=O)O. The third kappa shape index (κ3) is 5.17. The average molecular weight is 214 g/mol. The van der Waals surface area contributed by atoms with Gasteiger partial charge in [-0.3, -0.25) is 4.79 Å². The number of hydrogen-bond acceptors (Lipinski definition) is 3. The molecule has 0 spiro atoms. The number of carbonyl (C=O) groups excluding carboxylic acids is 1. The van der Waals surface area contributed by atoms with E-state index >= 15 is 0 Å². The number of hydrogen-bond donors (Lipinski definition) is 3. The van der Waals surface area contributed by atoms with Gasteiger partial charge in [0.2, 0.25) is 5.91 Å². The molecule has 0 radical (unpaired) electrons. The van der Waals surface area contributed by atoms with Crippen molar-refractivity contribution in [1.29, 1.82) is 0 Å². The molecule has 15 heavy (non-hydrogen) atoms. The lowest BCUT2D eigenvalue weighted by atomic mass is 10.0. The van der Waals surface area contributed by atoms with Crippen molar-refractivity contribution in [2.75, 3.05) is 6.54 Å². The first-order valence-electron chi connectivity index (χ1n) is 4.79. The Bertz CT molecular complexity index is 272. The molecule has 1 atom stereocenters. The van der Waals surface area contributed by atoms with Gasteiger partial charge in [0.1, 0.15) is 0 Å². The number of nitrogens with two attached hydrogens (primary N) is 1. The molecule has 0 aliphatic heterocycles. The summed E-state index contributed by atoms with van der Waals surface area (Å²) in [5.41, 5.74) is 5.42. The number of amides is 1. The van der Waals surface area contributed by atoms with Crippen molar-refractivity contribution in [1.82, 2.24) is 5.32 Å². The lowest BCUT2D eigenvalue weighted by molar-refractivity contribution is -0.132. The highest BCUT2D eigenvalue weighted by Crippen LogP contribution is 2.00. The lowest BCUT2D eigenvalue weighted by Gasteiger charge is -2.17. The second-order valence-corrected chi connectivity index (χ2v) is 3.72. The van der Waals surface area contributed by atoms with Gasteiger partial charge < -0.3 is 16.2 Å². The third-order valence-electron chi connectivity index (χ3n) is 2.06. The molecule has 0 fully saturated rings. The topological polar surface area (TPSA) is 92.4 Å². The van der Waals surface area contributed by atoms with E-state index in [1.165, 1.54) is 13.0 Å². The van der Waals surface area contributed by atoms with E-state index in [2.05, 4.69) is 5.32 Å². The molecule has 1 unspecified atom stereocenters. The second-order valence-electron chi connectivity index (χ2n) is 3.72. The molecular formula is C10H18N2O3. The van der Waals surface area contributed by atoms with Gasteiger partial charge in [-0.05, 0) is 12.8 Å². The van der Waals surface area contributed by atoms with Crippen LogP contribution in [0.25, 0.3) is 0 Å². The maximum absolute atomic E-state index is 11.0. The van der Waals surface area contributed by atoms with Crippen LogP contribution in [0.2, 0.25) is 0 Å². The van der Waals surface area contributed by atoms with Crippen LogP contribution in [0, 0.1) is 5.92 Å². The Morgan fingerprint density at radius 3 is 2.33 bits per heavy atom. The van der Waals surface area contributed by atoms with E-state index in [9.17, 15) is 9.59 Å². The molecule has 5 heteroatoms. The fourth-order valence-electron chi connectivity index (χ4n) is 1.09. The smallest absolute Gasteiger partial charge is 0.330 e. The van der Waals surface area contributed by atoms with E-state index in [1.54, 1.807) is 0 Å². The normalized spacial score (nSPS) is 14.0. The molecular weight excluding hydrogens is 196 g/mol. The minimum Gasteiger partial charge on any atom is -0.478 e. The molecule has 1 amide bonds. The standard InChI is InChI=1S/C10H18N2O3/c1-6(2)8(9(11)13)12-5-4-7(3)10(14)15/h4,6,8,12H,5H2,1-3H3,(H2,11,13)(H,14,15)/b7-4-. The van der Waals surface area contributed by atoms with Crippen LogP contribution < -0.4 is 11.1 Å². The Balaban J connectivity index is 4.18. The zero-order chi connectivity index (χ0) is 12.0. The van der Waals surface area contributed by atoms with E-state index in [0.29, 0.717) is 6.54 Å². The third-order valence-corrected chi connectivity index (χ3v) is 2.06. The summed E-state index contributed by atoms with van der Waals surface area (Å²) in [6.07, 6.45) is 1.51. The van der Waals surface area contributed by atoms with Crippen LogP contribution in [0.1, 0.15) is 20.8 Å². The zero-order valence-corrected chi connectivity index (χ0v) is 9.28. The van der Waals surface area contributed by atoms with Crippen LogP contribution >= 0.6 is 0 Å². The number of carboxylic acid groups (broad SMARTS) is 1. The molecule has 0 rings (SSSR count). The van der Waals surface area contributed by atoms with E-state index in [4.69, 9.17) is 10.8 Å². The molecule has 4 N–H and O–H groups in total. The maximum Gasteiger partial charge on any atom is 0.330 e. The Hall–Kier alpha value is -1.36. The van der Waals surface area contributed by atoms with Crippen molar-refractivity contribution >= 4 is 11.9 Å². The van der Waals surface area contributed by atoms with Gasteiger partial charge in [-0.1, -0.05) is 19.9 Å². The van der Waals surface area contributed by atoms with E-state index in [1.807, 2.05) is 13.8 Å². The predicted octanol–water partition coefficient (Wildman–Crippen LogP) is 0.117. The van der Waals surface area contributed by atoms with Crippen LogP contribution in [0.15, 0.2) is 11.6 Å². The van der Waals surface area contributed by atoms with Crippen molar-refractivity contribution in [3.63, 3.8) is 0 Å². The highest BCUT2D eigenvalue weighted by molar-refractivity contribution is 5.85. The second kappa shape index (κ2) is 6.19. The molecule has 0 aliphatic carbocycles. The van der Waals surface area contributed by atoms with Gasteiger partial charge in [-0.2, -0.15) is 0 Å².